The van der Waals surface area contributed by atoms with Gasteiger partial charge in [0.15, 0.2) is 6.73 Å². The van der Waals surface area contributed by atoms with Crippen molar-refractivity contribution in [3.63, 3.8) is 0 Å². The number of rotatable bonds is 6. The van der Waals surface area contributed by atoms with Crippen LogP contribution in [0.25, 0.3) is 0 Å². The molecule has 7 heteroatoms. The molecule has 0 spiro atoms. The van der Waals surface area contributed by atoms with Crippen LogP contribution in [-0.4, -0.2) is 42.2 Å². The maximum atomic E-state index is 12.5. The van der Waals surface area contributed by atoms with Crippen LogP contribution in [0.4, 0.5) is 0 Å². The molecule has 0 aromatic rings. The fraction of sp³-hybridized carbons (Fsp3) is 0.619. The summed E-state index contributed by atoms with van der Waals surface area (Å²) in [6.07, 6.45) is 6.30. The van der Waals surface area contributed by atoms with Crippen molar-refractivity contribution in [3.8, 4) is 0 Å². The minimum absolute atomic E-state index is 0.00621. The van der Waals surface area contributed by atoms with Crippen LogP contribution in [-0.2, 0) is 24.0 Å². The van der Waals surface area contributed by atoms with Crippen LogP contribution >= 0.6 is 0 Å². The van der Waals surface area contributed by atoms with Gasteiger partial charge < -0.3 is 9.57 Å². The zero-order valence-corrected chi connectivity index (χ0v) is 17.2. The van der Waals surface area contributed by atoms with Crippen LogP contribution in [0.2, 0.25) is 0 Å². The van der Waals surface area contributed by atoms with Gasteiger partial charge in [-0.25, -0.2) is 4.90 Å². The lowest BCUT2D eigenvalue weighted by molar-refractivity contribution is -0.156. The lowest BCUT2D eigenvalue weighted by Crippen LogP contribution is -2.35. The van der Waals surface area contributed by atoms with Crippen LogP contribution in [0.15, 0.2) is 28.5 Å². The standard InChI is InChI=1S/C21H28N2O5/c1-20(2,3)11-28-22-10-15-16(21(15,4)5)19(26)27-12-23-17(24)13-8-6-7-9-14(13)18(23)25/h6-7,10,15-16H,8-9,11-12H2,1-5H3/t15-,16-/m0/s1. The second-order valence-electron chi connectivity index (χ2n) is 9.38. The molecule has 3 rings (SSSR count). The molecule has 0 aromatic heterocycles. The molecule has 1 aliphatic heterocycles. The molecule has 28 heavy (non-hydrogen) atoms. The highest BCUT2D eigenvalue weighted by atomic mass is 16.6. The maximum Gasteiger partial charge on any atom is 0.311 e. The fourth-order valence-corrected chi connectivity index (χ4v) is 3.58. The number of amides is 2. The molecule has 0 bridgehead atoms. The molecule has 2 atom stereocenters. The summed E-state index contributed by atoms with van der Waals surface area (Å²) in [4.78, 5) is 43.6. The van der Waals surface area contributed by atoms with E-state index in [9.17, 15) is 14.4 Å². The Morgan fingerprint density at radius 2 is 1.79 bits per heavy atom. The quantitative estimate of drug-likeness (QED) is 0.230. The highest BCUT2D eigenvalue weighted by Crippen LogP contribution is 2.57. The number of carbonyl (C=O) groups excluding carboxylic acids is 3. The van der Waals surface area contributed by atoms with E-state index < -0.39 is 5.97 Å². The van der Waals surface area contributed by atoms with Gasteiger partial charge in [0, 0.05) is 23.3 Å². The fourth-order valence-electron chi connectivity index (χ4n) is 3.58. The van der Waals surface area contributed by atoms with Crippen LogP contribution in [0, 0.1) is 22.7 Å². The van der Waals surface area contributed by atoms with Crippen molar-refractivity contribution in [2.24, 2.45) is 27.8 Å². The van der Waals surface area contributed by atoms with Crippen molar-refractivity contribution >= 4 is 24.0 Å². The van der Waals surface area contributed by atoms with E-state index in [0.717, 1.165) is 4.90 Å². The average molecular weight is 388 g/mol. The van der Waals surface area contributed by atoms with Crippen molar-refractivity contribution in [3.05, 3.63) is 23.3 Å². The Kier molecular flexibility index (Phi) is 5.21. The number of allylic oxidation sites excluding steroid dienone is 2. The Morgan fingerprint density at radius 1 is 1.21 bits per heavy atom. The number of nitrogens with zero attached hydrogens (tertiary/aromatic N) is 2. The van der Waals surface area contributed by atoms with Gasteiger partial charge in [0.05, 0.1) is 5.92 Å². The van der Waals surface area contributed by atoms with Crippen molar-refractivity contribution in [1.82, 2.24) is 4.90 Å². The molecule has 7 nitrogen and oxygen atoms in total. The molecule has 0 unspecified atom stereocenters. The van der Waals surface area contributed by atoms with Gasteiger partial charge >= 0.3 is 5.97 Å². The molecule has 1 saturated carbocycles. The Labute approximate surface area is 165 Å². The van der Waals surface area contributed by atoms with Gasteiger partial charge in [0.1, 0.15) is 6.61 Å². The smallest absolute Gasteiger partial charge is 0.311 e. The molecule has 3 aliphatic rings. The molecular weight excluding hydrogens is 360 g/mol. The number of oxime groups is 1. The molecule has 0 saturated heterocycles. The van der Waals surface area contributed by atoms with Gasteiger partial charge in [-0.3, -0.25) is 14.4 Å². The summed E-state index contributed by atoms with van der Waals surface area (Å²) in [5, 5.41) is 3.99. The average Bonchev–Trinajstić information content (AvgIpc) is 3.08. The number of ether oxygens (including phenoxy) is 1. The second kappa shape index (κ2) is 7.18. The third-order valence-corrected chi connectivity index (χ3v) is 5.48. The summed E-state index contributed by atoms with van der Waals surface area (Å²) in [7, 11) is 0. The van der Waals surface area contributed by atoms with Crippen LogP contribution in [0.5, 0.6) is 0 Å². The SMILES string of the molecule is CC(C)(C)CON=C[C@H]1[C@@H](C(=O)OCN2C(=O)C3=C(CC=CC3)C2=O)C1(C)C. The molecule has 0 radical (unpaired) electrons. The summed E-state index contributed by atoms with van der Waals surface area (Å²) in [5.74, 6) is -1.62. The molecule has 0 aromatic carbocycles. The van der Waals surface area contributed by atoms with E-state index in [1.807, 2.05) is 46.8 Å². The molecular formula is C21H28N2O5. The van der Waals surface area contributed by atoms with Crippen molar-refractivity contribution in [2.45, 2.75) is 47.5 Å². The number of carbonyl (C=O) groups is 3. The van der Waals surface area contributed by atoms with Gasteiger partial charge in [0.2, 0.25) is 0 Å². The number of hydrogen-bond acceptors (Lipinski definition) is 6. The summed E-state index contributed by atoms with van der Waals surface area (Å²) in [6, 6.07) is 0. The number of hydrogen-bond donors (Lipinski definition) is 0. The first-order chi connectivity index (χ1) is 13.0. The second-order valence-corrected chi connectivity index (χ2v) is 9.38. The monoisotopic (exact) mass is 388 g/mol. The Balaban J connectivity index is 1.52. The predicted molar refractivity (Wildman–Crippen MR) is 103 cm³/mol. The first kappa shape index (κ1) is 20.3. The molecule has 1 fully saturated rings. The minimum atomic E-state index is -0.430. The van der Waals surface area contributed by atoms with Crippen molar-refractivity contribution < 1.29 is 24.0 Å². The maximum absolute atomic E-state index is 12.5. The van der Waals surface area contributed by atoms with Crippen molar-refractivity contribution in [2.75, 3.05) is 13.3 Å². The summed E-state index contributed by atoms with van der Waals surface area (Å²) in [6.45, 7) is 10.2. The van der Waals surface area contributed by atoms with E-state index in [1.54, 1.807) is 6.21 Å². The highest BCUT2D eigenvalue weighted by Gasteiger charge is 2.62. The normalized spacial score (nSPS) is 26.1. The molecule has 0 N–H and O–H groups in total. The summed E-state index contributed by atoms with van der Waals surface area (Å²) < 4.78 is 5.32. The summed E-state index contributed by atoms with van der Waals surface area (Å²) in [5.41, 5.74) is 0.728. The third kappa shape index (κ3) is 3.88. The largest absolute Gasteiger partial charge is 0.443 e. The van der Waals surface area contributed by atoms with E-state index in [2.05, 4.69) is 5.16 Å². The van der Waals surface area contributed by atoms with E-state index in [1.165, 1.54) is 0 Å². The molecule has 2 amide bonds. The first-order valence-corrected chi connectivity index (χ1v) is 9.59. The Bertz CT molecular complexity index is 755. The van der Waals surface area contributed by atoms with E-state index in [0.29, 0.717) is 30.6 Å². The summed E-state index contributed by atoms with van der Waals surface area (Å²) >= 11 is 0. The van der Waals surface area contributed by atoms with Crippen LogP contribution in [0.1, 0.15) is 47.5 Å². The zero-order chi connectivity index (χ0) is 20.7. The Morgan fingerprint density at radius 3 is 2.32 bits per heavy atom. The van der Waals surface area contributed by atoms with Gasteiger partial charge in [-0.15, -0.1) is 0 Å². The van der Waals surface area contributed by atoms with Crippen LogP contribution < -0.4 is 0 Å². The zero-order valence-electron chi connectivity index (χ0n) is 17.2. The van der Waals surface area contributed by atoms with E-state index in [-0.39, 0.29) is 41.2 Å². The molecule has 152 valence electrons. The lowest BCUT2D eigenvalue weighted by atomic mass is 9.99. The van der Waals surface area contributed by atoms with Gasteiger partial charge in [-0.05, 0) is 23.7 Å². The van der Waals surface area contributed by atoms with E-state index in [4.69, 9.17) is 9.57 Å². The van der Waals surface area contributed by atoms with Crippen LogP contribution in [0.3, 0.4) is 0 Å². The topological polar surface area (TPSA) is 85.3 Å². The number of imide groups is 1. The minimum Gasteiger partial charge on any atom is -0.443 e. The van der Waals surface area contributed by atoms with Crippen molar-refractivity contribution in [1.29, 1.82) is 0 Å². The lowest BCUT2D eigenvalue weighted by Gasteiger charge is -2.15. The van der Waals surface area contributed by atoms with E-state index >= 15 is 0 Å². The molecule has 1 heterocycles. The Hall–Kier alpha value is -2.44. The van der Waals surface area contributed by atoms with Gasteiger partial charge in [-0.2, -0.15) is 0 Å². The van der Waals surface area contributed by atoms with Gasteiger partial charge in [0.25, 0.3) is 11.8 Å². The van der Waals surface area contributed by atoms with Gasteiger partial charge in [-0.1, -0.05) is 51.9 Å². The number of esters is 1. The third-order valence-electron chi connectivity index (χ3n) is 5.48. The predicted octanol–water partition coefficient (Wildman–Crippen LogP) is 2.82. The highest BCUT2D eigenvalue weighted by molar-refractivity contribution is 6.19. The molecule has 2 aliphatic carbocycles. The first-order valence-electron chi connectivity index (χ1n) is 9.59.